The van der Waals surface area contributed by atoms with E-state index in [0.717, 1.165) is 49.5 Å². The molecule has 0 bridgehead atoms. The molecular formula is C23H28N4O2. The number of hydrogen-bond donors (Lipinski definition) is 1. The summed E-state index contributed by atoms with van der Waals surface area (Å²) in [6.45, 7) is 5.34. The Hall–Kier alpha value is -2.86. The summed E-state index contributed by atoms with van der Waals surface area (Å²) < 4.78 is 7.13. The zero-order valence-corrected chi connectivity index (χ0v) is 17.1. The monoisotopic (exact) mass is 392 g/mol. The third kappa shape index (κ3) is 4.43. The molecule has 1 N–H and O–H groups in total. The Morgan fingerprint density at radius 2 is 1.93 bits per heavy atom. The number of anilines is 1. The van der Waals surface area contributed by atoms with Gasteiger partial charge in [0.1, 0.15) is 0 Å². The summed E-state index contributed by atoms with van der Waals surface area (Å²) in [5.41, 5.74) is 3.74. The van der Waals surface area contributed by atoms with E-state index in [1.54, 1.807) is 6.07 Å². The Morgan fingerprint density at radius 1 is 1.17 bits per heavy atom. The molecule has 0 unspecified atom stereocenters. The summed E-state index contributed by atoms with van der Waals surface area (Å²) in [6, 6.07) is 16.6. The minimum Gasteiger partial charge on any atom is -0.462 e. The number of ether oxygens (including phenoxy) is 1. The topological polar surface area (TPSA) is 59.4 Å². The smallest absolute Gasteiger partial charge is 0.338 e. The summed E-state index contributed by atoms with van der Waals surface area (Å²) in [5.74, 6) is 0.554. The number of piperidine rings is 1. The first-order chi connectivity index (χ1) is 14.1. The quantitative estimate of drug-likeness (QED) is 0.646. The first-order valence-electron chi connectivity index (χ1n) is 10.3. The van der Waals surface area contributed by atoms with Gasteiger partial charge in [0.05, 0.1) is 23.2 Å². The second-order valence-electron chi connectivity index (χ2n) is 7.60. The molecule has 3 aromatic rings. The van der Waals surface area contributed by atoms with E-state index in [0.29, 0.717) is 18.2 Å². The number of fused-ring (bicyclic) bond motifs is 1. The highest BCUT2D eigenvalue weighted by Crippen LogP contribution is 2.23. The zero-order valence-electron chi connectivity index (χ0n) is 17.1. The van der Waals surface area contributed by atoms with Crippen LogP contribution in [-0.2, 0) is 18.3 Å². The number of aromatic nitrogens is 2. The Balaban J connectivity index is 1.39. The SMILES string of the molecule is CCOC(=O)c1ccc2nc(NC3CCN(Cc4ccccc4)CC3)n(C)c2c1. The second kappa shape index (κ2) is 8.66. The van der Waals surface area contributed by atoms with Gasteiger partial charge >= 0.3 is 5.97 Å². The van der Waals surface area contributed by atoms with Crippen molar-refractivity contribution in [3.05, 3.63) is 59.7 Å². The summed E-state index contributed by atoms with van der Waals surface area (Å²) in [6.07, 6.45) is 2.17. The average molecular weight is 393 g/mol. The molecule has 0 radical (unpaired) electrons. The first kappa shape index (κ1) is 19.5. The van der Waals surface area contributed by atoms with Crippen molar-refractivity contribution in [2.45, 2.75) is 32.4 Å². The largest absolute Gasteiger partial charge is 0.462 e. The van der Waals surface area contributed by atoms with E-state index in [1.165, 1.54) is 5.56 Å². The fourth-order valence-corrected chi connectivity index (χ4v) is 3.92. The van der Waals surface area contributed by atoms with Crippen molar-refractivity contribution >= 4 is 23.0 Å². The van der Waals surface area contributed by atoms with Crippen molar-refractivity contribution in [2.75, 3.05) is 25.0 Å². The number of esters is 1. The molecule has 152 valence electrons. The number of hydrogen-bond acceptors (Lipinski definition) is 5. The van der Waals surface area contributed by atoms with Gasteiger partial charge in [-0.05, 0) is 43.5 Å². The minimum atomic E-state index is -0.295. The van der Waals surface area contributed by atoms with Gasteiger partial charge < -0.3 is 14.6 Å². The van der Waals surface area contributed by atoms with E-state index in [1.807, 2.05) is 30.7 Å². The molecule has 29 heavy (non-hydrogen) atoms. The fraction of sp³-hybridized carbons (Fsp3) is 0.391. The second-order valence-corrected chi connectivity index (χ2v) is 7.60. The van der Waals surface area contributed by atoms with Crippen molar-refractivity contribution in [1.29, 1.82) is 0 Å². The highest BCUT2D eigenvalue weighted by molar-refractivity contribution is 5.94. The van der Waals surface area contributed by atoms with Gasteiger partial charge in [-0.15, -0.1) is 0 Å². The number of nitrogens with one attached hydrogen (secondary N) is 1. The van der Waals surface area contributed by atoms with Crippen LogP contribution in [0.5, 0.6) is 0 Å². The number of aryl methyl sites for hydroxylation is 1. The Kier molecular flexibility index (Phi) is 5.81. The standard InChI is InChI=1S/C23H28N4O2/c1-3-29-22(28)18-9-10-20-21(15-18)26(2)23(25-20)24-19-11-13-27(14-12-19)16-17-7-5-4-6-8-17/h4-10,15,19H,3,11-14,16H2,1-2H3,(H,24,25). The Bertz CT molecular complexity index is 975. The van der Waals surface area contributed by atoms with E-state index in [2.05, 4.69) is 40.5 Å². The molecule has 1 aliphatic heterocycles. The molecular weight excluding hydrogens is 364 g/mol. The van der Waals surface area contributed by atoms with Crippen LogP contribution in [0.4, 0.5) is 5.95 Å². The normalized spacial score (nSPS) is 15.5. The van der Waals surface area contributed by atoms with E-state index in [9.17, 15) is 4.79 Å². The van der Waals surface area contributed by atoms with Crippen LogP contribution in [0.2, 0.25) is 0 Å². The van der Waals surface area contributed by atoms with E-state index in [-0.39, 0.29) is 5.97 Å². The lowest BCUT2D eigenvalue weighted by atomic mass is 10.0. The zero-order chi connectivity index (χ0) is 20.2. The molecule has 1 fully saturated rings. The minimum absolute atomic E-state index is 0.295. The molecule has 0 amide bonds. The van der Waals surface area contributed by atoms with Crippen LogP contribution in [-0.4, -0.2) is 46.2 Å². The van der Waals surface area contributed by atoms with Gasteiger partial charge in [0.15, 0.2) is 0 Å². The average Bonchev–Trinajstić information content (AvgIpc) is 3.05. The van der Waals surface area contributed by atoms with Crippen LogP contribution >= 0.6 is 0 Å². The molecule has 1 aromatic heterocycles. The predicted octanol–water partition coefficient (Wildman–Crippen LogP) is 3.83. The van der Waals surface area contributed by atoms with Crippen LogP contribution < -0.4 is 5.32 Å². The summed E-state index contributed by atoms with van der Waals surface area (Å²) in [5, 5.41) is 3.61. The number of rotatable bonds is 6. The fourth-order valence-electron chi connectivity index (χ4n) is 3.92. The molecule has 0 atom stereocenters. The Labute approximate surface area is 171 Å². The van der Waals surface area contributed by atoms with Crippen molar-refractivity contribution in [1.82, 2.24) is 14.5 Å². The van der Waals surface area contributed by atoms with Gasteiger partial charge in [-0.1, -0.05) is 30.3 Å². The molecule has 1 aliphatic rings. The molecule has 4 rings (SSSR count). The highest BCUT2D eigenvalue weighted by atomic mass is 16.5. The van der Waals surface area contributed by atoms with Gasteiger partial charge in [-0.2, -0.15) is 0 Å². The van der Waals surface area contributed by atoms with Gasteiger partial charge in [0.2, 0.25) is 5.95 Å². The molecule has 0 spiro atoms. The highest BCUT2D eigenvalue weighted by Gasteiger charge is 2.21. The van der Waals surface area contributed by atoms with E-state index < -0.39 is 0 Å². The summed E-state index contributed by atoms with van der Waals surface area (Å²) in [4.78, 5) is 19.2. The van der Waals surface area contributed by atoms with Crippen molar-refractivity contribution in [3.8, 4) is 0 Å². The lowest BCUT2D eigenvalue weighted by molar-refractivity contribution is 0.0526. The van der Waals surface area contributed by atoms with Crippen molar-refractivity contribution < 1.29 is 9.53 Å². The molecule has 0 aliphatic carbocycles. The first-order valence-corrected chi connectivity index (χ1v) is 10.3. The van der Waals surface area contributed by atoms with E-state index >= 15 is 0 Å². The number of carbonyl (C=O) groups excluding carboxylic acids is 1. The van der Waals surface area contributed by atoms with Crippen LogP contribution in [0, 0.1) is 0 Å². The van der Waals surface area contributed by atoms with Crippen molar-refractivity contribution in [2.24, 2.45) is 7.05 Å². The third-order valence-electron chi connectivity index (χ3n) is 5.56. The summed E-state index contributed by atoms with van der Waals surface area (Å²) in [7, 11) is 1.98. The molecule has 2 heterocycles. The molecule has 6 heteroatoms. The maximum absolute atomic E-state index is 12.0. The number of nitrogens with zero attached hydrogens (tertiary/aromatic N) is 3. The van der Waals surface area contributed by atoms with Crippen LogP contribution in [0.25, 0.3) is 11.0 Å². The number of carbonyl (C=O) groups is 1. The maximum Gasteiger partial charge on any atom is 0.338 e. The van der Waals surface area contributed by atoms with Crippen molar-refractivity contribution in [3.63, 3.8) is 0 Å². The molecule has 1 saturated heterocycles. The van der Waals surface area contributed by atoms with Crippen LogP contribution in [0.1, 0.15) is 35.7 Å². The van der Waals surface area contributed by atoms with Crippen LogP contribution in [0.15, 0.2) is 48.5 Å². The molecule has 2 aromatic carbocycles. The third-order valence-corrected chi connectivity index (χ3v) is 5.56. The number of likely N-dealkylation sites (tertiary alicyclic amines) is 1. The summed E-state index contributed by atoms with van der Waals surface area (Å²) >= 11 is 0. The van der Waals surface area contributed by atoms with Gasteiger partial charge in [-0.3, -0.25) is 4.90 Å². The molecule has 0 saturated carbocycles. The van der Waals surface area contributed by atoms with Crippen LogP contribution in [0.3, 0.4) is 0 Å². The Morgan fingerprint density at radius 3 is 2.66 bits per heavy atom. The van der Waals surface area contributed by atoms with Gasteiger partial charge in [0.25, 0.3) is 0 Å². The molecule has 6 nitrogen and oxygen atoms in total. The number of imidazole rings is 1. The van der Waals surface area contributed by atoms with Gasteiger partial charge in [0, 0.05) is 32.7 Å². The predicted molar refractivity (Wildman–Crippen MR) is 115 cm³/mol. The lowest BCUT2D eigenvalue weighted by Gasteiger charge is -2.32. The number of benzene rings is 2. The van der Waals surface area contributed by atoms with Gasteiger partial charge in [-0.25, -0.2) is 9.78 Å². The maximum atomic E-state index is 12.0. The lowest BCUT2D eigenvalue weighted by Crippen LogP contribution is -2.39. The van der Waals surface area contributed by atoms with E-state index in [4.69, 9.17) is 9.72 Å².